The van der Waals surface area contributed by atoms with Crippen LogP contribution in [0.15, 0.2) is 66.7 Å². The Balaban J connectivity index is 1.73. The molecule has 148 valence electrons. The largest absolute Gasteiger partial charge is 0.497 e. The molecule has 2 N–H and O–H groups in total. The number of hydrogen-bond donors (Lipinski definition) is 2. The summed E-state index contributed by atoms with van der Waals surface area (Å²) < 4.78 is 18.2. The van der Waals surface area contributed by atoms with Crippen LogP contribution in [-0.4, -0.2) is 18.9 Å². The molecule has 3 aromatic carbocycles. The highest BCUT2D eigenvalue weighted by Gasteiger charge is 2.15. The number of methoxy groups -OCH3 is 1. The molecule has 0 spiro atoms. The number of carbonyl (C=O) groups is 2. The summed E-state index contributed by atoms with van der Waals surface area (Å²) in [5, 5.41) is 5.83. The van der Waals surface area contributed by atoms with Gasteiger partial charge in [0, 0.05) is 17.1 Å². The van der Waals surface area contributed by atoms with E-state index in [9.17, 15) is 14.0 Å². The first-order valence-corrected chi connectivity index (χ1v) is 9.11. The number of nitrogens with one attached hydrogen (secondary N) is 2. The maximum atomic E-state index is 13.1. The molecule has 5 nitrogen and oxygen atoms in total. The number of hydrogen-bond acceptors (Lipinski definition) is 3. The van der Waals surface area contributed by atoms with Gasteiger partial charge in [0.1, 0.15) is 11.6 Å². The van der Waals surface area contributed by atoms with Crippen molar-refractivity contribution in [2.24, 2.45) is 0 Å². The Morgan fingerprint density at radius 3 is 2.31 bits per heavy atom. The minimum atomic E-state index is -0.475. The highest BCUT2D eigenvalue weighted by Crippen LogP contribution is 2.22. The second-order valence-corrected chi connectivity index (χ2v) is 6.62. The lowest BCUT2D eigenvalue weighted by Gasteiger charge is -2.12. The van der Waals surface area contributed by atoms with Crippen LogP contribution in [-0.2, 0) is 6.54 Å². The van der Waals surface area contributed by atoms with E-state index in [1.54, 1.807) is 25.3 Å². The molecule has 0 atom stereocenters. The van der Waals surface area contributed by atoms with Crippen molar-refractivity contribution in [2.75, 3.05) is 12.4 Å². The van der Waals surface area contributed by atoms with Crippen molar-refractivity contribution >= 4 is 29.1 Å². The van der Waals surface area contributed by atoms with E-state index in [2.05, 4.69) is 10.6 Å². The molecule has 0 fully saturated rings. The predicted molar refractivity (Wildman–Crippen MR) is 110 cm³/mol. The van der Waals surface area contributed by atoms with Gasteiger partial charge in [0.2, 0.25) is 0 Å². The van der Waals surface area contributed by atoms with E-state index in [-0.39, 0.29) is 22.7 Å². The smallest absolute Gasteiger partial charge is 0.255 e. The summed E-state index contributed by atoms with van der Waals surface area (Å²) >= 11 is 6.03. The molecule has 7 heteroatoms. The number of amides is 2. The molecule has 0 aliphatic rings. The van der Waals surface area contributed by atoms with Gasteiger partial charge in [-0.1, -0.05) is 23.7 Å². The van der Waals surface area contributed by atoms with E-state index in [1.165, 1.54) is 36.4 Å². The summed E-state index contributed by atoms with van der Waals surface area (Å²) in [5.74, 6) is -0.560. The van der Waals surface area contributed by atoms with Gasteiger partial charge in [-0.3, -0.25) is 9.59 Å². The number of benzene rings is 3. The summed E-state index contributed by atoms with van der Waals surface area (Å²) in [6.07, 6.45) is 0. The molecular weight excluding hydrogens is 395 g/mol. The van der Waals surface area contributed by atoms with Crippen molar-refractivity contribution in [3.05, 3.63) is 94.3 Å². The Kier molecular flexibility index (Phi) is 6.46. The number of ether oxygens (including phenoxy) is 1. The molecule has 0 radical (unpaired) electrons. The summed E-state index contributed by atoms with van der Waals surface area (Å²) in [6.45, 7) is 0.302. The second-order valence-electron chi connectivity index (χ2n) is 6.18. The van der Waals surface area contributed by atoms with Gasteiger partial charge in [0.25, 0.3) is 11.8 Å². The lowest BCUT2D eigenvalue weighted by atomic mass is 10.1. The third-order valence-corrected chi connectivity index (χ3v) is 4.43. The van der Waals surface area contributed by atoms with Crippen LogP contribution in [0, 0.1) is 5.82 Å². The van der Waals surface area contributed by atoms with E-state index < -0.39 is 11.7 Å². The second kappa shape index (κ2) is 9.21. The fourth-order valence-corrected chi connectivity index (χ4v) is 2.81. The van der Waals surface area contributed by atoms with Crippen molar-refractivity contribution in [1.82, 2.24) is 5.32 Å². The van der Waals surface area contributed by atoms with Crippen LogP contribution in [0.1, 0.15) is 26.3 Å². The molecule has 0 bridgehead atoms. The van der Waals surface area contributed by atoms with Gasteiger partial charge >= 0.3 is 0 Å². The lowest BCUT2D eigenvalue weighted by molar-refractivity contribution is 0.0952. The molecule has 2 amide bonds. The SMILES string of the molecule is COc1ccc(CNC(=O)c2ccc(Cl)cc2NC(=O)c2ccc(F)cc2)cc1. The van der Waals surface area contributed by atoms with Gasteiger partial charge in [-0.15, -0.1) is 0 Å². The molecule has 0 aliphatic heterocycles. The number of anilines is 1. The van der Waals surface area contributed by atoms with E-state index in [0.29, 0.717) is 11.6 Å². The standard InChI is InChI=1S/C22H18ClFN2O3/c1-29-18-9-2-14(3-10-18)13-25-22(28)19-11-6-16(23)12-20(19)26-21(27)15-4-7-17(24)8-5-15/h2-12H,13H2,1H3,(H,25,28)(H,26,27). The number of halogens is 2. The van der Waals surface area contributed by atoms with Gasteiger partial charge in [-0.05, 0) is 60.2 Å². The first kappa shape index (κ1) is 20.4. The third kappa shape index (κ3) is 5.33. The maximum Gasteiger partial charge on any atom is 0.255 e. The van der Waals surface area contributed by atoms with Crippen LogP contribution in [0.2, 0.25) is 5.02 Å². The highest BCUT2D eigenvalue weighted by atomic mass is 35.5. The van der Waals surface area contributed by atoms with Crippen LogP contribution in [0.3, 0.4) is 0 Å². The normalized spacial score (nSPS) is 10.3. The van der Waals surface area contributed by atoms with Gasteiger partial charge in [0.15, 0.2) is 0 Å². The van der Waals surface area contributed by atoms with E-state index in [0.717, 1.165) is 11.3 Å². The summed E-state index contributed by atoms with van der Waals surface area (Å²) in [7, 11) is 1.58. The quantitative estimate of drug-likeness (QED) is 0.618. The van der Waals surface area contributed by atoms with Crippen LogP contribution < -0.4 is 15.4 Å². The molecule has 3 aromatic rings. The fraction of sp³-hybridized carbons (Fsp3) is 0.0909. The number of carbonyl (C=O) groups excluding carboxylic acids is 2. The van der Waals surface area contributed by atoms with E-state index in [1.807, 2.05) is 12.1 Å². The average molecular weight is 413 g/mol. The maximum absolute atomic E-state index is 13.1. The van der Waals surface area contributed by atoms with Crippen molar-refractivity contribution < 1.29 is 18.7 Å². The summed E-state index contributed by atoms with van der Waals surface area (Å²) in [6, 6.07) is 17.0. The molecule has 3 rings (SSSR count). The van der Waals surface area contributed by atoms with Gasteiger partial charge in [-0.25, -0.2) is 4.39 Å². The molecule has 29 heavy (non-hydrogen) atoms. The van der Waals surface area contributed by atoms with Crippen LogP contribution in [0.4, 0.5) is 10.1 Å². The number of rotatable bonds is 6. The first-order chi connectivity index (χ1) is 14.0. The average Bonchev–Trinajstić information content (AvgIpc) is 2.73. The lowest BCUT2D eigenvalue weighted by Crippen LogP contribution is -2.25. The monoisotopic (exact) mass is 412 g/mol. The van der Waals surface area contributed by atoms with Crippen LogP contribution >= 0.6 is 11.6 Å². The predicted octanol–water partition coefficient (Wildman–Crippen LogP) is 4.67. The Morgan fingerprint density at radius 2 is 1.66 bits per heavy atom. The zero-order valence-electron chi connectivity index (χ0n) is 15.5. The topological polar surface area (TPSA) is 67.4 Å². The van der Waals surface area contributed by atoms with Crippen molar-refractivity contribution in [3.63, 3.8) is 0 Å². The zero-order valence-corrected chi connectivity index (χ0v) is 16.3. The summed E-state index contributed by atoms with van der Waals surface area (Å²) in [4.78, 5) is 25.1. The molecule has 0 heterocycles. The molecule has 0 saturated carbocycles. The molecular formula is C22H18ClFN2O3. The van der Waals surface area contributed by atoms with E-state index >= 15 is 0 Å². The van der Waals surface area contributed by atoms with Crippen LogP contribution in [0.25, 0.3) is 0 Å². The molecule has 0 unspecified atom stereocenters. The van der Waals surface area contributed by atoms with Gasteiger partial charge in [0.05, 0.1) is 18.4 Å². The molecule has 0 aromatic heterocycles. The van der Waals surface area contributed by atoms with Crippen LogP contribution in [0.5, 0.6) is 5.75 Å². The van der Waals surface area contributed by atoms with Gasteiger partial charge in [-0.2, -0.15) is 0 Å². The third-order valence-electron chi connectivity index (χ3n) is 4.19. The minimum absolute atomic E-state index is 0.260. The Labute approximate surface area is 172 Å². The van der Waals surface area contributed by atoms with E-state index in [4.69, 9.17) is 16.3 Å². The zero-order chi connectivity index (χ0) is 20.8. The van der Waals surface area contributed by atoms with Crippen molar-refractivity contribution in [3.8, 4) is 5.75 Å². The van der Waals surface area contributed by atoms with Crippen molar-refractivity contribution in [1.29, 1.82) is 0 Å². The molecule has 0 aliphatic carbocycles. The Morgan fingerprint density at radius 1 is 0.966 bits per heavy atom. The molecule has 0 saturated heterocycles. The van der Waals surface area contributed by atoms with Crippen molar-refractivity contribution in [2.45, 2.75) is 6.54 Å². The Bertz CT molecular complexity index is 1020. The summed E-state index contributed by atoms with van der Waals surface area (Å²) in [5.41, 5.74) is 1.68. The Hall–Kier alpha value is -3.38. The van der Waals surface area contributed by atoms with Gasteiger partial charge < -0.3 is 15.4 Å². The first-order valence-electron chi connectivity index (χ1n) is 8.74. The minimum Gasteiger partial charge on any atom is -0.497 e. The fourth-order valence-electron chi connectivity index (χ4n) is 2.63. The highest BCUT2D eigenvalue weighted by molar-refractivity contribution is 6.31.